The molecular weight excluding hydrogens is 458 g/mol. The molecular formula is C25H27NO7S. The Balaban J connectivity index is 1.48. The van der Waals surface area contributed by atoms with Gasteiger partial charge in [-0.05, 0) is 54.7 Å². The van der Waals surface area contributed by atoms with Gasteiger partial charge in [-0.2, -0.15) is 4.31 Å². The summed E-state index contributed by atoms with van der Waals surface area (Å²) in [7, 11) is -2.13. The molecule has 3 aromatic rings. The van der Waals surface area contributed by atoms with Gasteiger partial charge in [-0.3, -0.25) is 0 Å². The van der Waals surface area contributed by atoms with Gasteiger partial charge >= 0.3 is 11.6 Å². The summed E-state index contributed by atoms with van der Waals surface area (Å²) < 4.78 is 43.3. The van der Waals surface area contributed by atoms with E-state index in [1.165, 1.54) is 41.7 Å². The van der Waals surface area contributed by atoms with Crippen LogP contribution in [-0.4, -0.2) is 38.9 Å². The van der Waals surface area contributed by atoms with Crippen molar-refractivity contribution in [2.24, 2.45) is 11.8 Å². The van der Waals surface area contributed by atoms with Crippen molar-refractivity contribution in [2.45, 2.75) is 31.8 Å². The van der Waals surface area contributed by atoms with Crippen molar-refractivity contribution in [3.05, 3.63) is 70.1 Å². The number of sulfonamides is 1. The number of ether oxygens (including phenoxy) is 2. The Morgan fingerprint density at radius 3 is 2.38 bits per heavy atom. The van der Waals surface area contributed by atoms with E-state index < -0.39 is 21.6 Å². The Morgan fingerprint density at radius 1 is 1.06 bits per heavy atom. The lowest BCUT2D eigenvalue weighted by Gasteiger charge is -2.34. The first kappa shape index (κ1) is 24.0. The van der Waals surface area contributed by atoms with Gasteiger partial charge < -0.3 is 13.9 Å². The maximum Gasteiger partial charge on any atom is 0.338 e. The SMILES string of the molecule is COc1ccc2c(COC(=O)c3ccc(S(=O)(=O)N4C[C@H](C)C[C@@H](C)C4)cc3)cc(=O)oc2c1. The van der Waals surface area contributed by atoms with Crippen LogP contribution in [0.5, 0.6) is 5.75 Å². The van der Waals surface area contributed by atoms with Crippen molar-refractivity contribution in [1.29, 1.82) is 0 Å². The summed E-state index contributed by atoms with van der Waals surface area (Å²) in [4.78, 5) is 24.6. The molecule has 2 atom stereocenters. The number of fused-ring (bicyclic) bond motifs is 1. The molecule has 0 bridgehead atoms. The molecule has 1 aliphatic rings. The maximum absolute atomic E-state index is 13.0. The quantitative estimate of drug-likeness (QED) is 0.386. The lowest BCUT2D eigenvalue weighted by molar-refractivity contribution is 0.0473. The molecule has 1 fully saturated rings. The van der Waals surface area contributed by atoms with Crippen LogP contribution in [0.3, 0.4) is 0 Å². The predicted molar refractivity (Wildman–Crippen MR) is 126 cm³/mol. The van der Waals surface area contributed by atoms with Gasteiger partial charge in [-0.1, -0.05) is 13.8 Å². The summed E-state index contributed by atoms with van der Waals surface area (Å²) in [6, 6.07) is 12.0. The standard InChI is InChI=1S/C25H27NO7S/c1-16-10-17(2)14-26(13-16)34(29,30)21-7-4-18(5-8-21)25(28)32-15-19-11-24(27)33-23-12-20(31-3)6-9-22(19)23/h4-9,11-12,16-17H,10,13-15H2,1-3H3/t16-,17-/m1/s1. The van der Waals surface area contributed by atoms with E-state index in [2.05, 4.69) is 0 Å². The molecule has 1 aromatic heterocycles. The third-order valence-corrected chi connectivity index (χ3v) is 7.81. The molecule has 2 heterocycles. The molecule has 0 amide bonds. The first-order valence-corrected chi connectivity index (χ1v) is 12.5. The number of rotatable bonds is 6. The number of carbonyl (C=O) groups is 1. The highest BCUT2D eigenvalue weighted by molar-refractivity contribution is 7.89. The zero-order valence-corrected chi connectivity index (χ0v) is 20.1. The Bertz CT molecular complexity index is 1350. The third kappa shape index (κ3) is 5.00. The third-order valence-electron chi connectivity index (χ3n) is 5.96. The average Bonchev–Trinajstić information content (AvgIpc) is 2.81. The van der Waals surface area contributed by atoms with Crippen LogP contribution in [0.2, 0.25) is 0 Å². The van der Waals surface area contributed by atoms with Crippen molar-refractivity contribution in [3.63, 3.8) is 0 Å². The Kier molecular flexibility index (Phi) is 6.77. The minimum atomic E-state index is -3.63. The maximum atomic E-state index is 13.0. The molecule has 0 saturated carbocycles. The molecule has 2 aromatic carbocycles. The number of esters is 1. The Labute approximate surface area is 198 Å². The number of benzene rings is 2. The average molecular weight is 486 g/mol. The van der Waals surface area contributed by atoms with Gasteiger partial charge in [0.05, 0.1) is 17.6 Å². The molecule has 0 radical (unpaired) electrons. The number of carbonyl (C=O) groups excluding carboxylic acids is 1. The number of piperidine rings is 1. The van der Waals surface area contributed by atoms with Crippen LogP contribution in [0.4, 0.5) is 0 Å². The van der Waals surface area contributed by atoms with Crippen LogP contribution in [0.1, 0.15) is 36.2 Å². The largest absolute Gasteiger partial charge is 0.497 e. The van der Waals surface area contributed by atoms with Crippen LogP contribution in [0.15, 0.2) is 62.6 Å². The van der Waals surface area contributed by atoms with E-state index in [4.69, 9.17) is 13.9 Å². The minimum Gasteiger partial charge on any atom is -0.497 e. The van der Waals surface area contributed by atoms with Gasteiger partial charge in [0.15, 0.2) is 0 Å². The lowest BCUT2D eigenvalue weighted by Crippen LogP contribution is -2.42. The van der Waals surface area contributed by atoms with E-state index in [0.717, 1.165) is 6.42 Å². The number of nitrogens with zero attached hydrogens (tertiary/aromatic N) is 1. The van der Waals surface area contributed by atoms with E-state index in [-0.39, 0.29) is 17.1 Å². The van der Waals surface area contributed by atoms with Crippen LogP contribution in [0.25, 0.3) is 11.0 Å². The van der Waals surface area contributed by atoms with E-state index in [9.17, 15) is 18.0 Å². The van der Waals surface area contributed by atoms with Gasteiger partial charge in [0, 0.05) is 36.2 Å². The second kappa shape index (κ2) is 9.60. The van der Waals surface area contributed by atoms with Crippen molar-refractivity contribution in [1.82, 2.24) is 4.31 Å². The van der Waals surface area contributed by atoms with Gasteiger partial charge in [0.1, 0.15) is 17.9 Å². The highest BCUT2D eigenvalue weighted by Gasteiger charge is 2.31. The first-order chi connectivity index (χ1) is 16.2. The van der Waals surface area contributed by atoms with Crippen LogP contribution in [-0.2, 0) is 21.4 Å². The van der Waals surface area contributed by atoms with Gasteiger partial charge in [-0.15, -0.1) is 0 Å². The molecule has 0 aliphatic carbocycles. The topological polar surface area (TPSA) is 103 Å². The second-order valence-electron chi connectivity index (χ2n) is 8.82. The smallest absolute Gasteiger partial charge is 0.338 e. The predicted octanol–water partition coefficient (Wildman–Crippen LogP) is 3.83. The highest BCUT2D eigenvalue weighted by atomic mass is 32.2. The Hall–Kier alpha value is -3.17. The van der Waals surface area contributed by atoms with E-state index in [1.807, 2.05) is 13.8 Å². The first-order valence-electron chi connectivity index (χ1n) is 11.1. The fourth-order valence-corrected chi connectivity index (χ4v) is 6.08. The molecule has 4 rings (SSSR count). The van der Waals surface area contributed by atoms with E-state index in [0.29, 0.717) is 47.2 Å². The number of methoxy groups -OCH3 is 1. The fraction of sp³-hybridized carbons (Fsp3) is 0.360. The molecule has 0 unspecified atom stereocenters. The molecule has 0 spiro atoms. The summed E-state index contributed by atoms with van der Waals surface area (Å²) >= 11 is 0. The Morgan fingerprint density at radius 2 is 1.74 bits per heavy atom. The monoisotopic (exact) mass is 485 g/mol. The molecule has 34 heavy (non-hydrogen) atoms. The molecule has 1 aliphatic heterocycles. The summed E-state index contributed by atoms with van der Waals surface area (Å²) in [5, 5.41) is 0.625. The summed E-state index contributed by atoms with van der Waals surface area (Å²) in [5.41, 5.74) is 0.472. The van der Waals surface area contributed by atoms with Crippen molar-refractivity contribution in [3.8, 4) is 5.75 Å². The minimum absolute atomic E-state index is 0.142. The molecule has 180 valence electrons. The van der Waals surface area contributed by atoms with Gasteiger partial charge in [0.2, 0.25) is 10.0 Å². The van der Waals surface area contributed by atoms with Crippen LogP contribution < -0.4 is 10.4 Å². The van der Waals surface area contributed by atoms with E-state index >= 15 is 0 Å². The number of hydrogen-bond donors (Lipinski definition) is 0. The van der Waals surface area contributed by atoms with Gasteiger partial charge in [0.25, 0.3) is 0 Å². The summed E-state index contributed by atoms with van der Waals surface area (Å²) in [6.07, 6.45) is 1.00. The second-order valence-corrected chi connectivity index (χ2v) is 10.8. The zero-order chi connectivity index (χ0) is 24.5. The van der Waals surface area contributed by atoms with Gasteiger partial charge in [-0.25, -0.2) is 18.0 Å². The summed E-state index contributed by atoms with van der Waals surface area (Å²) in [5.74, 6) is 0.503. The van der Waals surface area contributed by atoms with Crippen molar-refractivity contribution >= 4 is 27.0 Å². The molecule has 1 saturated heterocycles. The highest BCUT2D eigenvalue weighted by Crippen LogP contribution is 2.27. The van der Waals surface area contributed by atoms with Crippen LogP contribution >= 0.6 is 0 Å². The van der Waals surface area contributed by atoms with E-state index in [1.54, 1.807) is 18.2 Å². The molecule has 8 nitrogen and oxygen atoms in total. The molecule has 0 N–H and O–H groups in total. The van der Waals surface area contributed by atoms with Crippen LogP contribution in [0, 0.1) is 11.8 Å². The van der Waals surface area contributed by atoms with Crippen molar-refractivity contribution in [2.75, 3.05) is 20.2 Å². The summed E-state index contributed by atoms with van der Waals surface area (Å²) in [6.45, 7) is 4.93. The van der Waals surface area contributed by atoms with Crippen molar-refractivity contribution < 1.29 is 27.1 Å². The zero-order valence-electron chi connectivity index (χ0n) is 19.3. The number of hydrogen-bond acceptors (Lipinski definition) is 7. The lowest BCUT2D eigenvalue weighted by atomic mass is 9.94. The fourth-order valence-electron chi connectivity index (χ4n) is 4.40. The molecule has 9 heteroatoms. The normalized spacial score (nSPS) is 19.1.